The molecule has 0 radical (unpaired) electrons. The first-order valence-electron chi connectivity index (χ1n) is 5.78. The Kier molecular flexibility index (Phi) is 4.07. The molecule has 0 atom stereocenters. The third kappa shape index (κ3) is 3.59. The van der Waals surface area contributed by atoms with E-state index >= 15 is 0 Å². The first kappa shape index (κ1) is 14.1. The van der Waals surface area contributed by atoms with E-state index in [1.807, 2.05) is 0 Å². The summed E-state index contributed by atoms with van der Waals surface area (Å²) in [7, 11) is 0. The van der Waals surface area contributed by atoms with Crippen LogP contribution in [-0.2, 0) is 17.3 Å². The first-order chi connectivity index (χ1) is 9.47. The molecular weight excluding hydrogens is 273 g/mol. The van der Waals surface area contributed by atoms with Crippen LogP contribution in [0.1, 0.15) is 21.6 Å². The minimum atomic E-state index is -4.34. The zero-order valence-corrected chi connectivity index (χ0v) is 10.3. The van der Waals surface area contributed by atoms with Crippen molar-refractivity contribution in [3.8, 4) is 0 Å². The summed E-state index contributed by atoms with van der Waals surface area (Å²) in [4.78, 5) is 17.7. The molecule has 0 saturated carbocycles. The molecule has 1 heterocycles. The molecule has 1 aromatic carbocycles. The van der Waals surface area contributed by atoms with Crippen molar-refractivity contribution in [1.29, 1.82) is 0 Å². The van der Waals surface area contributed by atoms with Crippen molar-refractivity contribution in [3.05, 3.63) is 53.6 Å². The smallest absolute Gasteiger partial charge is 0.416 e. The van der Waals surface area contributed by atoms with Crippen molar-refractivity contribution in [3.63, 3.8) is 0 Å². The van der Waals surface area contributed by atoms with Gasteiger partial charge in [0.15, 0.2) is 0 Å². The molecule has 0 unspecified atom stereocenters. The van der Waals surface area contributed by atoms with E-state index in [0.29, 0.717) is 12.0 Å². The van der Waals surface area contributed by atoms with Crippen LogP contribution in [0.3, 0.4) is 0 Å². The molecule has 1 N–H and O–H groups in total. The molecule has 0 spiro atoms. The zero-order valence-electron chi connectivity index (χ0n) is 10.3. The summed E-state index contributed by atoms with van der Waals surface area (Å²) in [6, 6.07) is 4.75. The number of carbonyl (C=O) groups is 1. The quantitative estimate of drug-likeness (QED) is 0.878. The number of nitrogens with one attached hydrogen (secondary N) is 1. The molecule has 0 amide bonds. The number of imidazole rings is 1. The molecule has 4 nitrogen and oxygen atoms in total. The maximum absolute atomic E-state index is 12.4. The molecule has 0 aliphatic rings. The molecule has 2 rings (SSSR count). The Hall–Kier alpha value is -2.31. The van der Waals surface area contributed by atoms with Crippen molar-refractivity contribution < 1.29 is 22.7 Å². The summed E-state index contributed by atoms with van der Waals surface area (Å²) >= 11 is 0. The standard InChI is InChI=1S/C13H11F3N2O2/c14-13(15,16)10-3-1-9(2-4-10)5-6-20-12(19)11-7-17-8-18-11/h1-4,7-8H,5-6H2,(H,17,18). The number of alkyl halides is 3. The number of carbonyl (C=O) groups excluding carboxylic acids is 1. The Balaban J connectivity index is 1.84. The molecule has 0 fully saturated rings. The van der Waals surface area contributed by atoms with Gasteiger partial charge in [-0.1, -0.05) is 12.1 Å². The van der Waals surface area contributed by atoms with Gasteiger partial charge in [-0.3, -0.25) is 0 Å². The number of halogens is 3. The van der Waals surface area contributed by atoms with E-state index in [0.717, 1.165) is 12.1 Å². The van der Waals surface area contributed by atoms with Gasteiger partial charge in [-0.25, -0.2) is 9.78 Å². The fraction of sp³-hybridized carbons (Fsp3) is 0.231. The minimum absolute atomic E-state index is 0.0865. The van der Waals surface area contributed by atoms with Gasteiger partial charge in [0.2, 0.25) is 0 Å². The van der Waals surface area contributed by atoms with Gasteiger partial charge in [0.05, 0.1) is 24.7 Å². The van der Waals surface area contributed by atoms with Crippen molar-refractivity contribution in [2.75, 3.05) is 6.61 Å². The van der Waals surface area contributed by atoms with Crippen molar-refractivity contribution in [2.24, 2.45) is 0 Å². The van der Waals surface area contributed by atoms with E-state index < -0.39 is 17.7 Å². The number of rotatable bonds is 4. The minimum Gasteiger partial charge on any atom is -0.461 e. The van der Waals surface area contributed by atoms with E-state index in [2.05, 4.69) is 9.97 Å². The van der Waals surface area contributed by atoms with Crippen LogP contribution in [-0.4, -0.2) is 22.5 Å². The second-order valence-electron chi connectivity index (χ2n) is 4.05. The molecule has 20 heavy (non-hydrogen) atoms. The van der Waals surface area contributed by atoms with Crippen LogP contribution in [0.5, 0.6) is 0 Å². The topological polar surface area (TPSA) is 55.0 Å². The Morgan fingerprint density at radius 2 is 1.95 bits per heavy atom. The van der Waals surface area contributed by atoms with Crippen LogP contribution in [0.2, 0.25) is 0 Å². The number of aromatic amines is 1. The summed E-state index contributed by atoms with van der Waals surface area (Å²) in [5.41, 5.74) is 0.198. The molecule has 0 aliphatic heterocycles. The van der Waals surface area contributed by atoms with Crippen LogP contribution >= 0.6 is 0 Å². The van der Waals surface area contributed by atoms with Crippen molar-refractivity contribution >= 4 is 5.97 Å². The number of benzene rings is 1. The fourth-order valence-corrected chi connectivity index (χ4v) is 1.57. The summed E-state index contributed by atoms with van der Waals surface area (Å²) < 4.78 is 42.0. The van der Waals surface area contributed by atoms with Gasteiger partial charge in [-0.2, -0.15) is 13.2 Å². The first-order valence-corrected chi connectivity index (χ1v) is 5.78. The average Bonchev–Trinajstić information content (AvgIpc) is 2.92. The van der Waals surface area contributed by atoms with Gasteiger partial charge in [0.1, 0.15) is 5.69 Å². The molecular formula is C13H11F3N2O2. The van der Waals surface area contributed by atoms with Gasteiger partial charge < -0.3 is 9.72 Å². The SMILES string of the molecule is O=C(OCCc1ccc(C(F)(F)F)cc1)c1cnc[nH]1. The molecule has 0 bridgehead atoms. The van der Waals surface area contributed by atoms with Crippen molar-refractivity contribution in [1.82, 2.24) is 9.97 Å². The van der Waals surface area contributed by atoms with Gasteiger partial charge in [-0.05, 0) is 17.7 Å². The monoisotopic (exact) mass is 284 g/mol. The maximum atomic E-state index is 12.4. The number of hydrogen-bond acceptors (Lipinski definition) is 3. The highest BCUT2D eigenvalue weighted by molar-refractivity contribution is 5.86. The van der Waals surface area contributed by atoms with Crippen molar-refractivity contribution in [2.45, 2.75) is 12.6 Å². The summed E-state index contributed by atoms with van der Waals surface area (Å²) in [6.07, 6.45) is -1.31. The van der Waals surface area contributed by atoms with Gasteiger partial charge in [0.25, 0.3) is 0 Å². The Morgan fingerprint density at radius 1 is 1.25 bits per heavy atom. The second kappa shape index (κ2) is 5.77. The highest BCUT2D eigenvalue weighted by Crippen LogP contribution is 2.29. The van der Waals surface area contributed by atoms with E-state index in [-0.39, 0.29) is 12.3 Å². The summed E-state index contributed by atoms with van der Waals surface area (Å²) in [5.74, 6) is -0.547. The third-order valence-corrected chi connectivity index (χ3v) is 2.62. The Labute approximate surface area is 112 Å². The normalized spacial score (nSPS) is 11.3. The van der Waals surface area contributed by atoms with E-state index in [1.54, 1.807) is 0 Å². The van der Waals surface area contributed by atoms with Crippen LogP contribution in [0.15, 0.2) is 36.8 Å². The van der Waals surface area contributed by atoms with Gasteiger partial charge >= 0.3 is 12.1 Å². The van der Waals surface area contributed by atoms with E-state index in [9.17, 15) is 18.0 Å². The molecule has 0 saturated heterocycles. The molecule has 1 aromatic heterocycles. The number of aromatic nitrogens is 2. The number of H-pyrrole nitrogens is 1. The van der Waals surface area contributed by atoms with Crippen LogP contribution < -0.4 is 0 Å². The lowest BCUT2D eigenvalue weighted by Gasteiger charge is -2.07. The zero-order chi connectivity index (χ0) is 14.6. The number of nitrogens with zero attached hydrogens (tertiary/aromatic N) is 1. The summed E-state index contributed by atoms with van der Waals surface area (Å²) in [5, 5.41) is 0. The van der Waals surface area contributed by atoms with Gasteiger partial charge in [0, 0.05) is 6.42 Å². The molecule has 7 heteroatoms. The number of esters is 1. The molecule has 0 aliphatic carbocycles. The van der Waals surface area contributed by atoms with Crippen LogP contribution in [0.25, 0.3) is 0 Å². The van der Waals surface area contributed by atoms with Gasteiger partial charge in [-0.15, -0.1) is 0 Å². The lowest BCUT2D eigenvalue weighted by atomic mass is 10.1. The lowest BCUT2D eigenvalue weighted by Crippen LogP contribution is -2.09. The second-order valence-corrected chi connectivity index (χ2v) is 4.05. The number of ether oxygens (including phenoxy) is 1. The third-order valence-electron chi connectivity index (χ3n) is 2.62. The molecule has 106 valence electrons. The predicted octanol–water partition coefficient (Wildman–Crippen LogP) is 2.83. The van der Waals surface area contributed by atoms with E-state index in [4.69, 9.17) is 4.74 Å². The van der Waals surface area contributed by atoms with E-state index in [1.165, 1.54) is 24.7 Å². The predicted molar refractivity (Wildman–Crippen MR) is 64.0 cm³/mol. The average molecular weight is 284 g/mol. The number of hydrogen-bond donors (Lipinski definition) is 1. The Bertz CT molecular complexity index is 562. The van der Waals surface area contributed by atoms with Crippen LogP contribution in [0.4, 0.5) is 13.2 Å². The highest BCUT2D eigenvalue weighted by atomic mass is 19.4. The fourth-order valence-electron chi connectivity index (χ4n) is 1.57. The lowest BCUT2D eigenvalue weighted by molar-refractivity contribution is -0.137. The molecule has 2 aromatic rings. The van der Waals surface area contributed by atoms with Crippen LogP contribution in [0, 0.1) is 0 Å². The maximum Gasteiger partial charge on any atom is 0.416 e. The summed E-state index contributed by atoms with van der Waals surface area (Å²) in [6.45, 7) is 0.0865. The largest absolute Gasteiger partial charge is 0.461 e. The highest BCUT2D eigenvalue weighted by Gasteiger charge is 2.29. The Morgan fingerprint density at radius 3 is 2.50 bits per heavy atom.